The van der Waals surface area contributed by atoms with Gasteiger partial charge in [-0.15, -0.1) is 0 Å². The third kappa shape index (κ3) is 0.952. The molecule has 5 nitrogen and oxygen atoms in total. The molecule has 2 aromatic rings. The smallest absolute Gasteiger partial charge is 0.265 e. The summed E-state index contributed by atoms with van der Waals surface area (Å²) in [7, 11) is 0. The van der Waals surface area contributed by atoms with Crippen molar-refractivity contribution >= 4 is 11.0 Å². The number of hydrogen-bond donors (Lipinski definition) is 1. The quantitative estimate of drug-likeness (QED) is 0.592. The highest BCUT2D eigenvalue weighted by molar-refractivity contribution is 5.71. The zero-order valence-corrected chi connectivity index (χ0v) is 6.40. The van der Waals surface area contributed by atoms with E-state index in [2.05, 4.69) is 20.2 Å². The second kappa shape index (κ2) is 2.37. The van der Waals surface area contributed by atoms with E-state index in [1.807, 2.05) is 6.92 Å². The molecule has 0 bridgehead atoms. The summed E-state index contributed by atoms with van der Waals surface area (Å²) in [4.78, 5) is 19.1. The predicted molar refractivity (Wildman–Crippen MR) is 42.7 cm³/mol. The fraction of sp³-hybridized carbons (Fsp3) is 0.143. The van der Waals surface area contributed by atoms with E-state index in [0.29, 0.717) is 11.0 Å². The lowest BCUT2D eigenvalue weighted by atomic mass is 10.4. The summed E-state index contributed by atoms with van der Waals surface area (Å²) in [6.45, 7) is 1.81. The second-order valence-corrected chi connectivity index (χ2v) is 2.44. The van der Waals surface area contributed by atoms with Crippen LogP contribution in [0.15, 0.2) is 17.2 Å². The summed E-state index contributed by atoms with van der Waals surface area (Å²) >= 11 is 0. The van der Waals surface area contributed by atoms with E-state index in [4.69, 9.17) is 0 Å². The molecule has 0 amide bonds. The molecule has 0 fully saturated rings. The summed E-state index contributed by atoms with van der Waals surface area (Å²) in [5.41, 5.74) is 1.32. The Kier molecular flexibility index (Phi) is 1.36. The number of fused-ring (bicyclic) bond motifs is 1. The van der Waals surface area contributed by atoms with Gasteiger partial charge in [0, 0.05) is 6.20 Å². The zero-order chi connectivity index (χ0) is 8.55. The Morgan fingerprint density at radius 2 is 2.25 bits per heavy atom. The maximum atomic E-state index is 11.1. The molecule has 0 spiro atoms. The van der Waals surface area contributed by atoms with Crippen LogP contribution >= 0.6 is 0 Å². The number of aromatic amines is 1. The molecule has 5 heteroatoms. The molecule has 0 aromatic carbocycles. The summed E-state index contributed by atoms with van der Waals surface area (Å²) in [6.07, 6.45) is 3.04. The number of nitrogens with zero attached hydrogens (tertiary/aromatic N) is 3. The van der Waals surface area contributed by atoms with Gasteiger partial charge < -0.3 is 0 Å². The van der Waals surface area contributed by atoms with Gasteiger partial charge in [-0.05, 0) is 6.92 Å². The van der Waals surface area contributed by atoms with Crippen LogP contribution in [0.3, 0.4) is 0 Å². The van der Waals surface area contributed by atoms with E-state index in [1.165, 1.54) is 6.20 Å². The molecule has 0 aliphatic rings. The van der Waals surface area contributed by atoms with Crippen molar-refractivity contribution in [3.05, 3.63) is 28.4 Å². The van der Waals surface area contributed by atoms with Gasteiger partial charge in [-0.2, -0.15) is 5.10 Å². The van der Waals surface area contributed by atoms with E-state index in [-0.39, 0.29) is 5.56 Å². The lowest BCUT2D eigenvalue weighted by Gasteiger charge is -1.93. The second-order valence-electron chi connectivity index (χ2n) is 2.44. The Morgan fingerprint density at radius 3 is 3.08 bits per heavy atom. The van der Waals surface area contributed by atoms with Crippen LogP contribution in [0.2, 0.25) is 0 Å². The van der Waals surface area contributed by atoms with Gasteiger partial charge in [0.15, 0.2) is 5.52 Å². The molecular formula is C7H6N4O. The van der Waals surface area contributed by atoms with Crippen LogP contribution in [-0.2, 0) is 0 Å². The third-order valence-corrected chi connectivity index (χ3v) is 1.49. The Labute approximate surface area is 67.5 Å². The summed E-state index contributed by atoms with van der Waals surface area (Å²) < 4.78 is 0. The van der Waals surface area contributed by atoms with Crippen LogP contribution in [0, 0.1) is 6.92 Å². The van der Waals surface area contributed by atoms with Crippen LogP contribution in [-0.4, -0.2) is 20.2 Å². The van der Waals surface area contributed by atoms with E-state index >= 15 is 0 Å². The summed E-state index contributed by atoms with van der Waals surface area (Å²) in [6, 6.07) is 0. The number of rotatable bonds is 0. The maximum absolute atomic E-state index is 11.1. The molecule has 0 unspecified atom stereocenters. The molecule has 0 saturated carbocycles. The van der Waals surface area contributed by atoms with Crippen molar-refractivity contribution in [2.45, 2.75) is 6.92 Å². The van der Waals surface area contributed by atoms with Crippen molar-refractivity contribution in [1.82, 2.24) is 20.2 Å². The van der Waals surface area contributed by atoms with Gasteiger partial charge in [-0.3, -0.25) is 4.79 Å². The van der Waals surface area contributed by atoms with Crippen LogP contribution in [0.25, 0.3) is 11.0 Å². The number of nitrogens with one attached hydrogen (secondary N) is 1. The minimum Gasteiger partial charge on any atom is -0.265 e. The van der Waals surface area contributed by atoms with Gasteiger partial charge >= 0.3 is 0 Å². The molecule has 0 atom stereocenters. The first-order valence-electron chi connectivity index (χ1n) is 3.44. The fourth-order valence-corrected chi connectivity index (χ4v) is 0.966. The van der Waals surface area contributed by atoms with Crippen molar-refractivity contribution < 1.29 is 0 Å². The topological polar surface area (TPSA) is 71.5 Å². The Morgan fingerprint density at radius 1 is 1.42 bits per heavy atom. The van der Waals surface area contributed by atoms with Crippen LogP contribution in [0.4, 0.5) is 0 Å². The fourth-order valence-electron chi connectivity index (χ4n) is 0.966. The van der Waals surface area contributed by atoms with Crippen molar-refractivity contribution in [2.24, 2.45) is 0 Å². The first-order chi connectivity index (χ1) is 5.77. The third-order valence-electron chi connectivity index (χ3n) is 1.49. The average Bonchev–Trinajstić information content (AvgIpc) is 2.04. The standard InChI is InChI=1S/C7H6N4O/c1-4-2-8-6-5(10-4)3-9-11-7(6)12/h2-3H,1H3,(H,11,12). The molecule has 1 N–H and O–H groups in total. The largest absolute Gasteiger partial charge is 0.292 e. The average molecular weight is 162 g/mol. The van der Waals surface area contributed by atoms with Gasteiger partial charge in [0.25, 0.3) is 5.56 Å². The lowest BCUT2D eigenvalue weighted by molar-refractivity contribution is 0.990. The SMILES string of the molecule is Cc1cnc2c(=O)[nH]ncc2n1. The van der Waals surface area contributed by atoms with Gasteiger partial charge in [0.1, 0.15) is 5.52 Å². The van der Waals surface area contributed by atoms with E-state index < -0.39 is 0 Å². The summed E-state index contributed by atoms with van der Waals surface area (Å²) in [5.74, 6) is 0. The lowest BCUT2D eigenvalue weighted by Crippen LogP contribution is -2.09. The molecule has 2 aromatic heterocycles. The van der Waals surface area contributed by atoms with Gasteiger partial charge in [-0.1, -0.05) is 0 Å². The Bertz CT molecular complexity index is 476. The van der Waals surface area contributed by atoms with E-state index in [1.54, 1.807) is 6.20 Å². The molecule has 0 aliphatic carbocycles. The molecule has 2 heterocycles. The highest BCUT2D eigenvalue weighted by atomic mass is 16.1. The Hall–Kier alpha value is -1.78. The molecule has 0 aliphatic heterocycles. The van der Waals surface area contributed by atoms with Crippen LogP contribution in [0.5, 0.6) is 0 Å². The number of aryl methyl sites for hydroxylation is 1. The maximum Gasteiger partial charge on any atom is 0.292 e. The van der Waals surface area contributed by atoms with Crippen molar-refractivity contribution in [2.75, 3.05) is 0 Å². The highest BCUT2D eigenvalue weighted by Crippen LogP contribution is 2.00. The molecule has 12 heavy (non-hydrogen) atoms. The minimum absolute atomic E-state index is 0.306. The van der Waals surface area contributed by atoms with Crippen molar-refractivity contribution in [1.29, 1.82) is 0 Å². The van der Waals surface area contributed by atoms with Gasteiger partial charge in [0.05, 0.1) is 11.9 Å². The molecular weight excluding hydrogens is 156 g/mol. The molecule has 2 rings (SSSR count). The Balaban J connectivity index is 2.96. The monoisotopic (exact) mass is 162 g/mol. The molecule has 60 valence electrons. The normalized spacial score (nSPS) is 10.4. The van der Waals surface area contributed by atoms with Crippen LogP contribution in [0.1, 0.15) is 5.69 Å². The number of aromatic nitrogens is 4. The predicted octanol–water partition coefficient (Wildman–Crippen LogP) is 0.0215. The number of hydrogen-bond acceptors (Lipinski definition) is 4. The van der Waals surface area contributed by atoms with Crippen molar-refractivity contribution in [3.63, 3.8) is 0 Å². The highest BCUT2D eigenvalue weighted by Gasteiger charge is 1.99. The molecule has 0 radical (unpaired) electrons. The van der Waals surface area contributed by atoms with E-state index in [9.17, 15) is 4.79 Å². The first kappa shape index (κ1) is 6.90. The van der Waals surface area contributed by atoms with Crippen molar-refractivity contribution in [3.8, 4) is 0 Å². The minimum atomic E-state index is -0.306. The molecule has 0 saturated heterocycles. The first-order valence-corrected chi connectivity index (χ1v) is 3.44. The number of H-pyrrole nitrogens is 1. The van der Waals surface area contributed by atoms with Gasteiger partial charge in [0.2, 0.25) is 0 Å². The van der Waals surface area contributed by atoms with Gasteiger partial charge in [-0.25, -0.2) is 15.1 Å². The van der Waals surface area contributed by atoms with E-state index in [0.717, 1.165) is 5.69 Å². The summed E-state index contributed by atoms with van der Waals surface area (Å²) in [5, 5.41) is 5.90. The zero-order valence-electron chi connectivity index (χ0n) is 6.40. The van der Waals surface area contributed by atoms with Crippen LogP contribution < -0.4 is 5.56 Å².